The van der Waals surface area contributed by atoms with E-state index in [-0.39, 0.29) is 12.5 Å². The predicted molar refractivity (Wildman–Crippen MR) is 113 cm³/mol. The summed E-state index contributed by atoms with van der Waals surface area (Å²) in [7, 11) is 1.57. The van der Waals surface area contributed by atoms with Gasteiger partial charge in [-0.3, -0.25) is 9.69 Å². The van der Waals surface area contributed by atoms with Crippen molar-refractivity contribution in [2.75, 3.05) is 12.0 Å². The van der Waals surface area contributed by atoms with Gasteiger partial charge in [-0.15, -0.1) is 11.3 Å². The zero-order valence-corrected chi connectivity index (χ0v) is 17.4. The zero-order valence-electron chi connectivity index (χ0n) is 16.5. The van der Waals surface area contributed by atoms with E-state index in [4.69, 9.17) is 9.47 Å². The molecule has 150 valence electrons. The summed E-state index contributed by atoms with van der Waals surface area (Å²) in [6.45, 7) is 3.61. The van der Waals surface area contributed by atoms with E-state index in [9.17, 15) is 9.59 Å². The fourth-order valence-electron chi connectivity index (χ4n) is 2.72. The fraction of sp³-hybridized carbons (Fsp3) is 0.227. The highest BCUT2D eigenvalue weighted by Crippen LogP contribution is 2.29. The molecule has 3 aromatic rings. The monoisotopic (exact) mass is 410 g/mol. The maximum absolute atomic E-state index is 12.2. The molecule has 0 aliphatic carbocycles. The normalized spacial score (nSPS) is 10.4. The number of esters is 1. The average Bonchev–Trinajstić information content (AvgIpc) is 3.20. The number of benzene rings is 2. The maximum Gasteiger partial charge on any atom is 0.338 e. The third-order valence-electron chi connectivity index (χ3n) is 4.33. The standard InChI is InChI=1S/C22H22N2O4S/c1-4-16-5-9-19(10-6-16)24(15(2)25)22-23-18(14-29-22)13-28-21(26)17-7-11-20(27-3)12-8-17/h5-12,14H,4,13H2,1-3H3. The number of thiazole rings is 1. The van der Waals surface area contributed by atoms with Crippen LogP contribution in [0.15, 0.2) is 53.9 Å². The lowest BCUT2D eigenvalue weighted by molar-refractivity contribution is -0.115. The lowest BCUT2D eigenvalue weighted by Gasteiger charge is -2.18. The van der Waals surface area contributed by atoms with Gasteiger partial charge in [-0.25, -0.2) is 9.78 Å². The van der Waals surface area contributed by atoms with Gasteiger partial charge in [-0.1, -0.05) is 19.1 Å². The zero-order chi connectivity index (χ0) is 20.8. The highest BCUT2D eigenvalue weighted by molar-refractivity contribution is 7.14. The summed E-state index contributed by atoms with van der Waals surface area (Å²) in [5.41, 5.74) is 2.97. The molecule has 7 heteroatoms. The van der Waals surface area contributed by atoms with Gasteiger partial charge in [-0.05, 0) is 48.4 Å². The van der Waals surface area contributed by atoms with Crippen molar-refractivity contribution in [1.29, 1.82) is 0 Å². The van der Waals surface area contributed by atoms with Crippen molar-refractivity contribution in [2.24, 2.45) is 0 Å². The van der Waals surface area contributed by atoms with E-state index in [1.807, 2.05) is 24.3 Å². The van der Waals surface area contributed by atoms with Crippen molar-refractivity contribution in [1.82, 2.24) is 4.98 Å². The van der Waals surface area contributed by atoms with Gasteiger partial charge in [0.05, 0.1) is 24.1 Å². The average molecular weight is 410 g/mol. The number of nitrogens with zero attached hydrogens (tertiary/aromatic N) is 2. The fourth-order valence-corrected chi connectivity index (χ4v) is 3.59. The molecule has 3 rings (SSSR count). The number of rotatable bonds is 7. The smallest absolute Gasteiger partial charge is 0.338 e. The molecule has 0 bridgehead atoms. The molecule has 2 aromatic carbocycles. The summed E-state index contributed by atoms with van der Waals surface area (Å²) in [4.78, 5) is 30.4. The molecule has 1 amide bonds. The second-order valence-electron chi connectivity index (χ2n) is 6.30. The third-order valence-corrected chi connectivity index (χ3v) is 5.20. The number of anilines is 2. The molecule has 0 radical (unpaired) electrons. The van der Waals surface area contributed by atoms with Crippen molar-refractivity contribution < 1.29 is 19.1 Å². The number of methoxy groups -OCH3 is 1. The first-order valence-electron chi connectivity index (χ1n) is 9.17. The predicted octanol–water partition coefficient (Wildman–Crippen LogP) is 4.76. The number of aromatic nitrogens is 1. The van der Waals surface area contributed by atoms with Crippen LogP contribution in [0.2, 0.25) is 0 Å². The summed E-state index contributed by atoms with van der Waals surface area (Å²) in [5.74, 6) is 0.0909. The quantitative estimate of drug-likeness (QED) is 0.526. The van der Waals surface area contributed by atoms with Crippen molar-refractivity contribution in [3.05, 3.63) is 70.7 Å². The van der Waals surface area contributed by atoms with Crippen LogP contribution in [0.25, 0.3) is 0 Å². The Morgan fingerprint density at radius 1 is 1.07 bits per heavy atom. The molecule has 0 aliphatic rings. The Labute approximate surface area is 173 Å². The van der Waals surface area contributed by atoms with E-state index in [1.54, 1.807) is 41.7 Å². The number of hydrogen-bond donors (Lipinski definition) is 0. The Morgan fingerprint density at radius 2 is 1.76 bits per heavy atom. The highest BCUT2D eigenvalue weighted by atomic mass is 32.1. The topological polar surface area (TPSA) is 68.7 Å². The van der Waals surface area contributed by atoms with Crippen LogP contribution < -0.4 is 9.64 Å². The van der Waals surface area contributed by atoms with Gasteiger partial charge in [0.1, 0.15) is 12.4 Å². The van der Waals surface area contributed by atoms with E-state index >= 15 is 0 Å². The Hall–Kier alpha value is -3.19. The molecular formula is C22H22N2O4S. The van der Waals surface area contributed by atoms with Crippen molar-refractivity contribution in [3.8, 4) is 5.75 Å². The molecule has 0 aliphatic heterocycles. The Morgan fingerprint density at radius 3 is 2.34 bits per heavy atom. The molecule has 0 saturated carbocycles. The van der Waals surface area contributed by atoms with E-state index in [1.165, 1.54) is 23.8 Å². The van der Waals surface area contributed by atoms with Crippen molar-refractivity contribution in [3.63, 3.8) is 0 Å². The molecular weight excluding hydrogens is 388 g/mol. The van der Waals surface area contributed by atoms with Crippen LogP contribution in [0, 0.1) is 0 Å². The molecule has 0 saturated heterocycles. The molecule has 29 heavy (non-hydrogen) atoms. The van der Waals surface area contributed by atoms with Crippen molar-refractivity contribution >= 4 is 34.0 Å². The summed E-state index contributed by atoms with van der Waals surface area (Å²) in [6, 6.07) is 14.5. The first kappa shape index (κ1) is 20.5. The Balaban J connectivity index is 1.69. The van der Waals surface area contributed by atoms with Crippen molar-refractivity contribution in [2.45, 2.75) is 26.9 Å². The number of carbonyl (C=O) groups excluding carboxylic acids is 2. The Kier molecular flexibility index (Phi) is 6.61. The van der Waals surface area contributed by atoms with Gasteiger partial charge in [-0.2, -0.15) is 0 Å². The number of amides is 1. The minimum Gasteiger partial charge on any atom is -0.497 e. The van der Waals surface area contributed by atoms with Crippen LogP contribution in [-0.2, 0) is 22.6 Å². The van der Waals surface area contributed by atoms with Gasteiger partial charge in [0.25, 0.3) is 0 Å². The van der Waals surface area contributed by atoms with E-state index in [2.05, 4.69) is 11.9 Å². The van der Waals surface area contributed by atoms with Gasteiger partial charge >= 0.3 is 5.97 Å². The number of carbonyl (C=O) groups is 2. The second-order valence-corrected chi connectivity index (χ2v) is 7.14. The first-order valence-corrected chi connectivity index (χ1v) is 10.0. The number of aryl methyl sites for hydroxylation is 1. The largest absolute Gasteiger partial charge is 0.497 e. The molecule has 0 unspecified atom stereocenters. The van der Waals surface area contributed by atoms with E-state index in [0.29, 0.717) is 22.1 Å². The van der Waals surface area contributed by atoms with Crippen LogP contribution in [0.5, 0.6) is 5.75 Å². The SMILES string of the molecule is CCc1ccc(N(C(C)=O)c2nc(COC(=O)c3ccc(OC)cc3)cs2)cc1. The summed E-state index contributed by atoms with van der Waals surface area (Å²) in [6.07, 6.45) is 0.932. The van der Waals surface area contributed by atoms with Gasteiger partial charge in [0, 0.05) is 12.3 Å². The lowest BCUT2D eigenvalue weighted by Crippen LogP contribution is -2.22. The molecule has 6 nitrogen and oxygen atoms in total. The van der Waals surface area contributed by atoms with E-state index in [0.717, 1.165) is 12.1 Å². The summed E-state index contributed by atoms with van der Waals surface area (Å²) in [5, 5.41) is 2.32. The summed E-state index contributed by atoms with van der Waals surface area (Å²) < 4.78 is 10.4. The molecule has 0 atom stereocenters. The lowest BCUT2D eigenvalue weighted by atomic mass is 10.1. The van der Waals surface area contributed by atoms with Crippen LogP contribution in [0.1, 0.15) is 35.5 Å². The van der Waals surface area contributed by atoms with Gasteiger partial charge in [0.15, 0.2) is 5.13 Å². The highest BCUT2D eigenvalue weighted by Gasteiger charge is 2.18. The summed E-state index contributed by atoms with van der Waals surface area (Å²) >= 11 is 1.33. The van der Waals surface area contributed by atoms with Crippen LogP contribution >= 0.6 is 11.3 Å². The molecule has 1 aromatic heterocycles. The second kappa shape index (κ2) is 9.34. The van der Waals surface area contributed by atoms with Gasteiger partial charge in [0.2, 0.25) is 5.91 Å². The van der Waals surface area contributed by atoms with Crippen LogP contribution in [0.3, 0.4) is 0 Å². The molecule has 0 fully saturated rings. The molecule has 1 heterocycles. The minimum absolute atomic E-state index is 0.0296. The number of hydrogen-bond acceptors (Lipinski definition) is 6. The Bertz CT molecular complexity index is 981. The molecule has 0 spiro atoms. The van der Waals surface area contributed by atoms with Crippen LogP contribution in [0.4, 0.5) is 10.8 Å². The van der Waals surface area contributed by atoms with Gasteiger partial charge < -0.3 is 9.47 Å². The maximum atomic E-state index is 12.2. The number of ether oxygens (including phenoxy) is 2. The minimum atomic E-state index is -0.444. The first-order chi connectivity index (χ1) is 14.0. The third kappa shape index (κ3) is 5.00. The molecule has 0 N–H and O–H groups in total. The van der Waals surface area contributed by atoms with Crippen LogP contribution in [-0.4, -0.2) is 24.0 Å². The van der Waals surface area contributed by atoms with E-state index < -0.39 is 5.97 Å².